The minimum Gasteiger partial charge on any atom is -0.493 e. The van der Waals surface area contributed by atoms with Crippen LogP contribution in [-0.4, -0.2) is 49.6 Å². The van der Waals surface area contributed by atoms with Crippen molar-refractivity contribution in [2.45, 2.75) is 38.8 Å². The van der Waals surface area contributed by atoms with Crippen molar-refractivity contribution in [3.8, 4) is 11.5 Å². The molecule has 1 aromatic carbocycles. The molecule has 0 unspecified atom stereocenters. The number of carbonyl (C=O) groups is 3. The zero-order chi connectivity index (χ0) is 19.5. The maximum absolute atomic E-state index is 12.9. The van der Waals surface area contributed by atoms with Crippen LogP contribution in [0.25, 0.3) is 0 Å². The van der Waals surface area contributed by atoms with Gasteiger partial charge < -0.3 is 20.1 Å². The lowest BCUT2D eigenvalue weighted by atomic mass is 9.91. The van der Waals surface area contributed by atoms with Crippen LogP contribution >= 0.6 is 0 Å². The van der Waals surface area contributed by atoms with E-state index in [1.165, 1.54) is 14.2 Å². The summed E-state index contributed by atoms with van der Waals surface area (Å²) in [6.07, 6.45) is 0.759. The summed E-state index contributed by atoms with van der Waals surface area (Å²) < 4.78 is 10.5. The number of rotatable bonds is 7. The Balaban J connectivity index is 2.24. The lowest BCUT2D eigenvalue weighted by Gasteiger charge is -2.23. The standard InChI is InChI=1S/C18H25N3O5/c1-6-11(2)19-15(22)10-21-16(23)18(3,20-17(21)24)12-7-8-13(25-4)14(9-12)26-5/h7-9,11H,6,10H2,1-5H3,(H,19,22)(H,20,24)/t11-,18+/m1/s1. The highest BCUT2D eigenvalue weighted by Gasteiger charge is 2.49. The van der Waals surface area contributed by atoms with E-state index in [4.69, 9.17) is 9.47 Å². The summed E-state index contributed by atoms with van der Waals surface area (Å²) >= 11 is 0. The number of imide groups is 1. The molecular weight excluding hydrogens is 338 g/mol. The Kier molecular flexibility index (Phi) is 5.74. The molecule has 142 valence electrons. The first kappa shape index (κ1) is 19.6. The second-order valence-corrected chi connectivity index (χ2v) is 6.39. The summed E-state index contributed by atoms with van der Waals surface area (Å²) in [5.74, 6) is 0.0936. The van der Waals surface area contributed by atoms with Crippen LogP contribution in [0.15, 0.2) is 18.2 Å². The van der Waals surface area contributed by atoms with E-state index in [-0.39, 0.29) is 18.5 Å². The molecule has 2 N–H and O–H groups in total. The van der Waals surface area contributed by atoms with Crippen LogP contribution in [0, 0.1) is 0 Å². The van der Waals surface area contributed by atoms with Crippen molar-refractivity contribution in [1.29, 1.82) is 0 Å². The van der Waals surface area contributed by atoms with E-state index < -0.39 is 17.5 Å². The van der Waals surface area contributed by atoms with Crippen LogP contribution in [-0.2, 0) is 15.1 Å². The van der Waals surface area contributed by atoms with Crippen LogP contribution in [0.4, 0.5) is 4.79 Å². The van der Waals surface area contributed by atoms with E-state index >= 15 is 0 Å². The van der Waals surface area contributed by atoms with Crippen molar-refractivity contribution < 1.29 is 23.9 Å². The second kappa shape index (κ2) is 7.63. The molecule has 1 heterocycles. The first-order chi connectivity index (χ1) is 12.3. The molecule has 0 aliphatic carbocycles. The third kappa shape index (κ3) is 3.58. The molecule has 0 saturated carbocycles. The first-order valence-corrected chi connectivity index (χ1v) is 8.42. The fourth-order valence-electron chi connectivity index (χ4n) is 2.75. The summed E-state index contributed by atoms with van der Waals surface area (Å²) in [5.41, 5.74) is -0.744. The number of carbonyl (C=O) groups excluding carboxylic acids is 3. The smallest absolute Gasteiger partial charge is 0.325 e. The molecule has 4 amide bonds. The van der Waals surface area contributed by atoms with Gasteiger partial charge in [-0.2, -0.15) is 0 Å². The van der Waals surface area contributed by atoms with Crippen molar-refractivity contribution in [3.63, 3.8) is 0 Å². The van der Waals surface area contributed by atoms with Gasteiger partial charge in [0.15, 0.2) is 11.5 Å². The molecule has 0 aromatic heterocycles. The maximum Gasteiger partial charge on any atom is 0.325 e. The molecular formula is C18H25N3O5. The van der Waals surface area contributed by atoms with E-state index in [2.05, 4.69) is 10.6 Å². The SMILES string of the molecule is CC[C@@H](C)NC(=O)CN1C(=O)N[C@@](C)(c2ccc(OC)c(OC)c2)C1=O. The average molecular weight is 363 g/mol. The van der Waals surface area contributed by atoms with Gasteiger partial charge in [0, 0.05) is 6.04 Å². The normalized spacial score (nSPS) is 20.6. The monoisotopic (exact) mass is 363 g/mol. The molecule has 0 radical (unpaired) electrons. The van der Waals surface area contributed by atoms with Crippen LogP contribution in [0.2, 0.25) is 0 Å². The summed E-state index contributed by atoms with van der Waals surface area (Å²) in [6.45, 7) is 5.07. The van der Waals surface area contributed by atoms with Crippen molar-refractivity contribution in [3.05, 3.63) is 23.8 Å². The van der Waals surface area contributed by atoms with E-state index in [0.29, 0.717) is 17.1 Å². The molecule has 8 nitrogen and oxygen atoms in total. The summed E-state index contributed by atoms with van der Waals surface area (Å²) in [6, 6.07) is 4.35. The highest BCUT2D eigenvalue weighted by Crippen LogP contribution is 2.35. The van der Waals surface area contributed by atoms with Gasteiger partial charge in [0.2, 0.25) is 5.91 Å². The number of urea groups is 1. The number of hydrogen-bond donors (Lipinski definition) is 2. The summed E-state index contributed by atoms with van der Waals surface area (Å²) in [7, 11) is 3.00. The zero-order valence-electron chi connectivity index (χ0n) is 15.7. The number of ether oxygens (including phenoxy) is 2. The van der Waals surface area contributed by atoms with Crippen LogP contribution in [0.5, 0.6) is 11.5 Å². The van der Waals surface area contributed by atoms with Crippen LogP contribution in [0.3, 0.4) is 0 Å². The van der Waals surface area contributed by atoms with E-state index in [1.54, 1.807) is 25.1 Å². The molecule has 1 saturated heterocycles. The van der Waals surface area contributed by atoms with Crippen LogP contribution in [0.1, 0.15) is 32.8 Å². The predicted octanol–water partition coefficient (Wildman–Crippen LogP) is 1.39. The molecule has 2 rings (SSSR count). The zero-order valence-corrected chi connectivity index (χ0v) is 15.7. The van der Waals surface area contributed by atoms with Crippen molar-refractivity contribution in [2.24, 2.45) is 0 Å². The molecule has 26 heavy (non-hydrogen) atoms. The van der Waals surface area contributed by atoms with Crippen molar-refractivity contribution >= 4 is 17.8 Å². The fourth-order valence-corrected chi connectivity index (χ4v) is 2.75. The van der Waals surface area contributed by atoms with Crippen molar-refractivity contribution in [2.75, 3.05) is 20.8 Å². The Hall–Kier alpha value is -2.77. The number of nitrogens with zero attached hydrogens (tertiary/aromatic N) is 1. The van der Waals surface area contributed by atoms with Crippen molar-refractivity contribution in [1.82, 2.24) is 15.5 Å². The Labute approximate surface area is 152 Å². The van der Waals surface area contributed by atoms with E-state index in [0.717, 1.165) is 11.3 Å². The largest absolute Gasteiger partial charge is 0.493 e. The lowest BCUT2D eigenvalue weighted by Crippen LogP contribution is -2.44. The van der Waals surface area contributed by atoms with Gasteiger partial charge in [-0.1, -0.05) is 13.0 Å². The molecule has 0 spiro atoms. The molecule has 2 atom stereocenters. The first-order valence-electron chi connectivity index (χ1n) is 8.42. The highest BCUT2D eigenvalue weighted by atomic mass is 16.5. The topological polar surface area (TPSA) is 97.0 Å². The van der Waals surface area contributed by atoms with Gasteiger partial charge in [0.05, 0.1) is 14.2 Å². The Bertz CT molecular complexity index is 721. The minimum atomic E-state index is -1.28. The number of benzene rings is 1. The third-order valence-corrected chi connectivity index (χ3v) is 4.56. The molecule has 0 bridgehead atoms. The highest BCUT2D eigenvalue weighted by molar-refractivity contribution is 6.09. The molecule has 1 aliphatic heterocycles. The van der Waals surface area contributed by atoms with E-state index in [1.807, 2.05) is 13.8 Å². The Morgan fingerprint density at radius 3 is 2.50 bits per heavy atom. The Morgan fingerprint density at radius 1 is 1.27 bits per heavy atom. The second-order valence-electron chi connectivity index (χ2n) is 6.39. The fraction of sp³-hybridized carbons (Fsp3) is 0.500. The molecule has 1 fully saturated rings. The van der Waals surface area contributed by atoms with Gasteiger partial charge in [-0.15, -0.1) is 0 Å². The maximum atomic E-state index is 12.9. The molecule has 1 aromatic rings. The average Bonchev–Trinajstić information content (AvgIpc) is 2.84. The molecule has 1 aliphatic rings. The van der Waals surface area contributed by atoms with Gasteiger partial charge in [-0.3, -0.25) is 14.5 Å². The number of methoxy groups -OCH3 is 2. The minimum absolute atomic E-state index is 0.0273. The third-order valence-electron chi connectivity index (χ3n) is 4.56. The lowest BCUT2D eigenvalue weighted by molar-refractivity contribution is -0.135. The van der Waals surface area contributed by atoms with E-state index in [9.17, 15) is 14.4 Å². The molecule has 8 heteroatoms. The summed E-state index contributed by atoms with van der Waals surface area (Å²) in [4.78, 5) is 38.2. The predicted molar refractivity (Wildman–Crippen MR) is 95.0 cm³/mol. The van der Waals surface area contributed by atoms with Gasteiger partial charge >= 0.3 is 6.03 Å². The quantitative estimate of drug-likeness (QED) is 0.714. The number of amides is 4. The Morgan fingerprint density at radius 2 is 1.92 bits per heavy atom. The summed E-state index contributed by atoms with van der Waals surface area (Å²) in [5, 5.41) is 5.42. The number of nitrogens with one attached hydrogen (secondary N) is 2. The van der Waals surface area contributed by atoms with Gasteiger partial charge in [0.1, 0.15) is 12.1 Å². The van der Waals surface area contributed by atoms with Gasteiger partial charge in [0.25, 0.3) is 5.91 Å². The van der Waals surface area contributed by atoms with Crippen LogP contribution < -0.4 is 20.1 Å². The van der Waals surface area contributed by atoms with Gasteiger partial charge in [-0.05, 0) is 38.0 Å². The van der Waals surface area contributed by atoms with Gasteiger partial charge in [-0.25, -0.2) is 4.79 Å². The number of hydrogen-bond acceptors (Lipinski definition) is 5.